The number of fused-ring (bicyclic) bond motifs is 2. The van der Waals surface area contributed by atoms with Gasteiger partial charge in [0.2, 0.25) is 0 Å². The monoisotopic (exact) mass is 414 g/mol. The topological polar surface area (TPSA) is 41.6 Å². The summed E-state index contributed by atoms with van der Waals surface area (Å²) in [4.78, 5) is 14.5. The number of hydrogen-bond donors (Lipinski definition) is 1. The molecule has 0 aromatic heterocycles. The molecular weight excluding hydrogens is 388 g/mol. The maximum absolute atomic E-state index is 12.5. The van der Waals surface area contributed by atoms with Crippen LogP contribution in [0.1, 0.15) is 35.8 Å². The van der Waals surface area contributed by atoms with Crippen molar-refractivity contribution in [2.24, 2.45) is 0 Å². The van der Waals surface area contributed by atoms with Crippen molar-refractivity contribution in [2.45, 2.75) is 42.3 Å². The number of nitrogens with zero attached hydrogens (tertiary/aromatic N) is 1. The van der Waals surface area contributed by atoms with Crippen molar-refractivity contribution in [2.75, 3.05) is 31.2 Å². The van der Waals surface area contributed by atoms with Crippen LogP contribution in [0, 0.1) is 0 Å². The van der Waals surface area contributed by atoms with Gasteiger partial charge in [0.15, 0.2) is 6.61 Å². The van der Waals surface area contributed by atoms with E-state index in [1.165, 1.54) is 36.3 Å². The second kappa shape index (κ2) is 9.58. The quantitative estimate of drug-likeness (QED) is 0.813. The number of rotatable bonds is 4. The van der Waals surface area contributed by atoms with Crippen molar-refractivity contribution in [3.8, 4) is 5.75 Å². The van der Waals surface area contributed by atoms with Crippen molar-refractivity contribution in [3.05, 3.63) is 29.8 Å². The third kappa shape index (κ3) is 5.03. The van der Waals surface area contributed by atoms with E-state index in [-0.39, 0.29) is 24.9 Å². The number of benzene rings is 1. The molecule has 26 heavy (non-hydrogen) atoms. The van der Waals surface area contributed by atoms with Gasteiger partial charge in [-0.3, -0.25) is 4.79 Å². The molecule has 4 rings (SSSR count). The molecule has 1 N–H and O–H groups in total. The van der Waals surface area contributed by atoms with Crippen LogP contribution in [0.4, 0.5) is 0 Å². The van der Waals surface area contributed by atoms with E-state index in [2.05, 4.69) is 17.4 Å². The average molecular weight is 415 g/mol. The van der Waals surface area contributed by atoms with Crippen LogP contribution < -0.4 is 10.1 Å². The van der Waals surface area contributed by atoms with E-state index >= 15 is 0 Å². The van der Waals surface area contributed by atoms with E-state index in [0.29, 0.717) is 16.7 Å². The SMILES string of the molecule is Cl.O=C(COc1ccc(C2SCCCS2)cc1)N1CCC2CCC(C1)N2. The first-order chi connectivity index (χ1) is 12.3. The van der Waals surface area contributed by atoms with Gasteiger partial charge < -0.3 is 15.0 Å². The molecule has 0 spiro atoms. The summed E-state index contributed by atoms with van der Waals surface area (Å²) in [5.74, 6) is 3.39. The highest BCUT2D eigenvalue weighted by Gasteiger charge is 2.31. The van der Waals surface area contributed by atoms with Crippen LogP contribution >= 0.6 is 35.9 Å². The summed E-state index contributed by atoms with van der Waals surface area (Å²) in [6.07, 6.45) is 4.82. The third-order valence-electron chi connectivity index (χ3n) is 5.22. The van der Waals surface area contributed by atoms with Gasteiger partial charge in [-0.2, -0.15) is 0 Å². The second-order valence-corrected chi connectivity index (χ2v) is 9.78. The Morgan fingerprint density at radius 3 is 2.62 bits per heavy atom. The Labute approximate surface area is 170 Å². The van der Waals surface area contributed by atoms with Gasteiger partial charge in [-0.1, -0.05) is 12.1 Å². The Morgan fingerprint density at radius 1 is 1.12 bits per heavy atom. The molecule has 3 fully saturated rings. The molecular formula is C19H27ClN2O2S2. The number of likely N-dealkylation sites (tertiary alicyclic amines) is 1. The van der Waals surface area contributed by atoms with E-state index in [4.69, 9.17) is 4.74 Å². The summed E-state index contributed by atoms with van der Waals surface area (Å²) in [5.41, 5.74) is 1.35. The number of thioether (sulfide) groups is 2. The van der Waals surface area contributed by atoms with E-state index in [9.17, 15) is 4.79 Å². The molecule has 0 radical (unpaired) electrons. The summed E-state index contributed by atoms with van der Waals surface area (Å²) < 4.78 is 6.30. The van der Waals surface area contributed by atoms with Crippen LogP contribution in [0.25, 0.3) is 0 Å². The molecule has 1 aromatic rings. The average Bonchev–Trinajstić information content (AvgIpc) is 2.99. The second-order valence-electron chi connectivity index (χ2n) is 7.05. The lowest BCUT2D eigenvalue weighted by Gasteiger charge is -2.24. The zero-order chi connectivity index (χ0) is 17.1. The summed E-state index contributed by atoms with van der Waals surface area (Å²) in [7, 11) is 0. The molecule has 3 aliphatic rings. The van der Waals surface area contributed by atoms with Crippen LogP contribution in [0.5, 0.6) is 5.75 Å². The smallest absolute Gasteiger partial charge is 0.260 e. The molecule has 1 amide bonds. The number of ether oxygens (including phenoxy) is 1. The third-order valence-corrected chi connectivity index (χ3v) is 8.23. The minimum Gasteiger partial charge on any atom is -0.484 e. The predicted molar refractivity (Wildman–Crippen MR) is 113 cm³/mol. The number of carbonyl (C=O) groups is 1. The van der Waals surface area contributed by atoms with E-state index in [0.717, 1.165) is 25.3 Å². The van der Waals surface area contributed by atoms with Gasteiger partial charge in [-0.25, -0.2) is 0 Å². The summed E-state index contributed by atoms with van der Waals surface area (Å²) in [6, 6.07) is 9.37. The Balaban J connectivity index is 0.00000196. The molecule has 2 bridgehead atoms. The standard InChI is InChI=1S/C19H26N2O2S2.ClH/c22-18(21-9-8-15-4-5-16(12-21)20-15)13-23-17-6-2-14(3-7-17)19-24-10-1-11-25-19;/h2-3,6-7,15-16,19-20H,1,4-5,8-13H2;1H. The highest BCUT2D eigenvalue weighted by atomic mass is 35.5. The molecule has 0 saturated carbocycles. The molecule has 2 atom stereocenters. The maximum Gasteiger partial charge on any atom is 0.260 e. The fourth-order valence-electron chi connectivity index (χ4n) is 3.81. The number of amides is 1. The normalized spacial score (nSPS) is 26.1. The first-order valence-electron chi connectivity index (χ1n) is 9.28. The first-order valence-corrected chi connectivity index (χ1v) is 11.4. The Morgan fingerprint density at radius 2 is 1.85 bits per heavy atom. The van der Waals surface area contributed by atoms with Crippen molar-refractivity contribution >= 4 is 41.8 Å². The van der Waals surface area contributed by atoms with Gasteiger partial charge in [-0.05, 0) is 54.9 Å². The fraction of sp³-hybridized carbons (Fsp3) is 0.632. The molecule has 3 saturated heterocycles. The van der Waals surface area contributed by atoms with Crippen molar-refractivity contribution < 1.29 is 9.53 Å². The molecule has 3 heterocycles. The van der Waals surface area contributed by atoms with Gasteiger partial charge in [0.1, 0.15) is 5.75 Å². The number of nitrogens with one attached hydrogen (secondary N) is 1. The van der Waals surface area contributed by atoms with Crippen molar-refractivity contribution in [1.82, 2.24) is 10.2 Å². The zero-order valence-electron chi connectivity index (χ0n) is 14.9. The minimum absolute atomic E-state index is 0. The van der Waals surface area contributed by atoms with E-state index in [1.54, 1.807) is 0 Å². The van der Waals surface area contributed by atoms with E-state index < -0.39 is 0 Å². The van der Waals surface area contributed by atoms with Crippen LogP contribution in [-0.2, 0) is 4.79 Å². The van der Waals surface area contributed by atoms with Gasteiger partial charge in [0.25, 0.3) is 5.91 Å². The van der Waals surface area contributed by atoms with E-state index in [1.807, 2.05) is 40.6 Å². The van der Waals surface area contributed by atoms with Crippen molar-refractivity contribution in [1.29, 1.82) is 0 Å². The van der Waals surface area contributed by atoms with Crippen LogP contribution in [-0.4, -0.2) is 54.1 Å². The predicted octanol–water partition coefficient (Wildman–Crippen LogP) is 3.71. The van der Waals surface area contributed by atoms with Crippen molar-refractivity contribution in [3.63, 3.8) is 0 Å². The Hall–Kier alpha value is -0.560. The van der Waals surface area contributed by atoms with Gasteiger partial charge in [0.05, 0.1) is 4.58 Å². The number of halogens is 1. The van der Waals surface area contributed by atoms with Crippen LogP contribution in [0.2, 0.25) is 0 Å². The molecule has 1 aromatic carbocycles. The van der Waals surface area contributed by atoms with Gasteiger partial charge in [-0.15, -0.1) is 35.9 Å². The lowest BCUT2D eigenvalue weighted by atomic mass is 10.1. The van der Waals surface area contributed by atoms with Gasteiger partial charge in [0, 0.05) is 25.2 Å². The first kappa shape index (κ1) is 20.2. The minimum atomic E-state index is 0. The zero-order valence-corrected chi connectivity index (χ0v) is 17.3. The van der Waals surface area contributed by atoms with Gasteiger partial charge >= 0.3 is 0 Å². The maximum atomic E-state index is 12.5. The van der Waals surface area contributed by atoms with Crippen LogP contribution in [0.15, 0.2) is 24.3 Å². The Bertz CT molecular complexity index is 596. The van der Waals surface area contributed by atoms with Crippen LogP contribution in [0.3, 0.4) is 0 Å². The molecule has 4 nitrogen and oxygen atoms in total. The summed E-state index contributed by atoms with van der Waals surface area (Å²) >= 11 is 4.04. The largest absolute Gasteiger partial charge is 0.484 e. The molecule has 7 heteroatoms. The highest BCUT2D eigenvalue weighted by molar-refractivity contribution is 8.16. The fourth-order valence-corrected chi connectivity index (χ4v) is 6.70. The lowest BCUT2D eigenvalue weighted by molar-refractivity contribution is -0.133. The number of carbonyl (C=O) groups excluding carboxylic acids is 1. The molecule has 144 valence electrons. The number of hydrogen-bond acceptors (Lipinski definition) is 5. The molecule has 3 aliphatic heterocycles. The summed E-state index contributed by atoms with van der Waals surface area (Å²) in [6.45, 7) is 1.82. The lowest BCUT2D eigenvalue weighted by Crippen LogP contribution is -2.41. The molecule has 0 aliphatic carbocycles. The Kier molecular flexibility index (Phi) is 7.44. The molecule has 2 unspecified atom stereocenters. The summed E-state index contributed by atoms with van der Waals surface area (Å²) in [5, 5.41) is 3.61. The highest BCUT2D eigenvalue weighted by Crippen LogP contribution is 2.43.